The van der Waals surface area contributed by atoms with Crippen molar-refractivity contribution in [2.45, 2.75) is 24.9 Å². The topological polar surface area (TPSA) is 98.6 Å². The van der Waals surface area contributed by atoms with Crippen LogP contribution in [0.1, 0.15) is 30.6 Å². The van der Waals surface area contributed by atoms with Crippen LogP contribution in [0.4, 0.5) is 0 Å². The van der Waals surface area contributed by atoms with Gasteiger partial charge in [-0.1, -0.05) is 53.2 Å². The number of carbonyl (C=O) groups is 2. The molecular weight excluding hydrogens is 470 g/mol. The van der Waals surface area contributed by atoms with Crippen LogP contribution in [0.25, 0.3) is 11.1 Å². The van der Waals surface area contributed by atoms with Crippen LogP contribution < -0.4 is 10.1 Å². The monoisotopic (exact) mass is 495 g/mol. The SMILES string of the molecule is O=C1NCCCC1n1cc(C2COCCN2C(=O)COc2ccc(-c3ccccc3)cc2Cl)nn1. The first-order chi connectivity index (χ1) is 17.1. The van der Waals surface area contributed by atoms with E-state index >= 15 is 0 Å². The molecule has 0 bridgehead atoms. The highest BCUT2D eigenvalue weighted by molar-refractivity contribution is 6.32. The predicted octanol–water partition coefficient (Wildman–Crippen LogP) is 3.03. The highest BCUT2D eigenvalue weighted by Crippen LogP contribution is 2.31. The number of benzene rings is 2. The molecule has 3 aromatic rings. The zero-order chi connectivity index (χ0) is 24.2. The fraction of sp³-hybridized carbons (Fsp3) is 0.360. The average molecular weight is 496 g/mol. The fourth-order valence-electron chi connectivity index (χ4n) is 4.40. The third kappa shape index (κ3) is 5.16. The molecule has 0 aliphatic carbocycles. The van der Waals surface area contributed by atoms with Gasteiger partial charge in [0.25, 0.3) is 5.91 Å². The van der Waals surface area contributed by atoms with Crippen LogP contribution >= 0.6 is 11.6 Å². The van der Waals surface area contributed by atoms with Gasteiger partial charge in [-0.05, 0) is 36.1 Å². The number of carbonyl (C=O) groups excluding carboxylic acids is 2. The van der Waals surface area contributed by atoms with Crippen LogP contribution in [0, 0.1) is 0 Å². The van der Waals surface area contributed by atoms with E-state index in [-0.39, 0.29) is 24.5 Å². The van der Waals surface area contributed by atoms with Crippen molar-refractivity contribution < 1.29 is 19.1 Å². The van der Waals surface area contributed by atoms with Gasteiger partial charge >= 0.3 is 0 Å². The second kappa shape index (κ2) is 10.5. The Hall–Kier alpha value is -3.43. The van der Waals surface area contributed by atoms with E-state index in [1.54, 1.807) is 21.8 Å². The van der Waals surface area contributed by atoms with E-state index in [2.05, 4.69) is 15.6 Å². The van der Waals surface area contributed by atoms with Gasteiger partial charge in [0, 0.05) is 13.1 Å². The van der Waals surface area contributed by atoms with Crippen LogP contribution in [0.2, 0.25) is 5.02 Å². The smallest absolute Gasteiger partial charge is 0.261 e. The molecule has 0 radical (unpaired) electrons. The summed E-state index contributed by atoms with van der Waals surface area (Å²) in [4.78, 5) is 27.0. The largest absolute Gasteiger partial charge is 0.482 e. The number of aromatic nitrogens is 3. The molecule has 2 unspecified atom stereocenters. The molecule has 0 saturated carbocycles. The van der Waals surface area contributed by atoms with Gasteiger partial charge in [0.1, 0.15) is 23.5 Å². The molecule has 3 heterocycles. The summed E-state index contributed by atoms with van der Waals surface area (Å²) in [7, 11) is 0. The number of hydrogen-bond donors (Lipinski definition) is 1. The Morgan fingerprint density at radius 1 is 1.17 bits per heavy atom. The Kier molecular flexibility index (Phi) is 6.96. The number of amides is 2. The second-order valence-corrected chi connectivity index (χ2v) is 8.96. The third-order valence-corrected chi connectivity index (χ3v) is 6.58. The second-order valence-electron chi connectivity index (χ2n) is 8.55. The number of piperidine rings is 1. The molecular formula is C25H26ClN5O4. The summed E-state index contributed by atoms with van der Waals surface area (Å²) in [6.45, 7) is 1.64. The summed E-state index contributed by atoms with van der Waals surface area (Å²) >= 11 is 6.44. The Morgan fingerprint density at radius 2 is 2.03 bits per heavy atom. The number of ether oxygens (including phenoxy) is 2. The Labute approximate surface area is 208 Å². The number of morpholine rings is 1. The maximum atomic E-state index is 13.1. The van der Waals surface area contributed by atoms with Crippen molar-refractivity contribution in [2.75, 3.05) is 32.9 Å². The normalized spacial score (nSPS) is 20.4. The molecule has 1 aromatic heterocycles. The molecule has 10 heteroatoms. The van der Waals surface area contributed by atoms with Crippen molar-refractivity contribution in [3.8, 4) is 16.9 Å². The minimum atomic E-state index is -0.406. The van der Waals surface area contributed by atoms with Gasteiger partial charge in [-0.15, -0.1) is 5.10 Å². The van der Waals surface area contributed by atoms with E-state index in [0.717, 1.165) is 17.5 Å². The minimum Gasteiger partial charge on any atom is -0.482 e. The van der Waals surface area contributed by atoms with Crippen molar-refractivity contribution in [1.82, 2.24) is 25.2 Å². The molecule has 5 rings (SSSR count). The first kappa shape index (κ1) is 23.3. The molecule has 182 valence electrons. The molecule has 35 heavy (non-hydrogen) atoms. The zero-order valence-electron chi connectivity index (χ0n) is 19.1. The Morgan fingerprint density at radius 3 is 2.83 bits per heavy atom. The van der Waals surface area contributed by atoms with Gasteiger partial charge in [0.15, 0.2) is 6.61 Å². The lowest BCUT2D eigenvalue weighted by Gasteiger charge is -2.34. The van der Waals surface area contributed by atoms with Crippen LogP contribution in [0.3, 0.4) is 0 Å². The number of halogens is 1. The van der Waals surface area contributed by atoms with Crippen molar-refractivity contribution in [3.05, 3.63) is 65.4 Å². The van der Waals surface area contributed by atoms with E-state index in [4.69, 9.17) is 21.1 Å². The Bertz CT molecular complexity index is 1200. The van der Waals surface area contributed by atoms with Gasteiger partial charge in [0.05, 0.1) is 24.4 Å². The third-order valence-electron chi connectivity index (χ3n) is 6.28. The highest BCUT2D eigenvalue weighted by Gasteiger charge is 2.32. The van der Waals surface area contributed by atoms with Crippen molar-refractivity contribution in [1.29, 1.82) is 0 Å². The first-order valence-electron chi connectivity index (χ1n) is 11.6. The van der Waals surface area contributed by atoms with E-state index in [1.807, 2.05) is 42.5 Å². The average Bonchev–Trinajstić information content (AvgIpc) is 3.38. The van der Waals surface area contributed by atoms with E-state index in [1.165, 1.54) is 0 Å². The van der Waals surface area contributed by atoms with Crippen LogP contribution in [0.15, 0.2) is 54.7 Å². The number of nitrogens with zero attached hydrogens (tertiary/aromatic N) is 4. The maximum absolute atomic E-state index is 13.1. The van der Waals surface area contributed by atoms with Crippen LogP contribution in [-0.2, 0) is 14.3 Å². The lowest BCUT2D eigenvalue weighted by molar-refractivity contribution is -0.142. The summed E-state index contributed by atoms with van der Waals surface area (Å²) in [5, 5.41) is 11.7. The molecule has 2 amide bonds. The van der Waals surface area contributed by atoms with E-state index < -0.39 is 6.04 Å². The van der Waals surface area contributed by atoms with Gasteiger partial charge < -0.3 is 19.7 Å². The number of nitrogens with one attached hydrogen (secondary N) is 1. The molecule has 2 aliphatic heterocycles. The lowest BCUT2D eigenvalue weighted by atomic mass is 10.1. The Balaban J connectivity index is 1.25. The molecule has 9 nitrogen and oxygen atoms in total. The summed E-state index contributed by atoms with van der Waals surface area (Å²) in [5.41, 5.74) is 2.60. The first-order valence-corrected chi connectivity index (χ1v) is 12.0. The van der Waals surface area contributed by atoms with Crippen molar-refractivity contribution >= 4 is 23.4 Å². The van der Waals surface area contributed by atoms with Crippen LogP contribution in [0.5, 0.6) is 5.75 Å². The van der Waals surface area contributed by atoms with E-state index in [9.17, 15) is 9.59 Å². The maximum Gasteiger partial charge on any atom is 0.261 e. The molecule has 2 fully saturated rings. The predicted molar refractivity (Wildman–Crippen MR) is 129 cm³/mol. The van der Waals surface area contributed by atoms with Gasteiger partial charge in [0.2, 0.25) is 5.91 Å². The number of hydrogen-bond acceptors (Lipinski definition) is 6. The fourth-order valence-corrected chi connectivity index (χ4v) is 4.64. The zero-order valence-corrected chi connectivity index (χ0v) is 19.9. The highest BCUT2D eigenvalue weighted by atomic mass is 35.5. The summed E-state index contributed by atoms with van der Waals surface area (Å²) < 4.78 is 13.0. The molecule has 2 saturated heterocycles. The summed E-state index contributed by atoms with van der Waals surface area (Å²) in [6, 6.07) is 14.6. The van der Waals surface area contributed by atoms with Crippen molar-refractivity contribution in [3.63, 3.8) is 0 Å². The van der Waals surface area contributed by atoms with Gasteiger partial charge in [-0.2, -0.15) is 0 Å². The molecule has 1 N–H and O–H groups in total. The van der Waals surface area contributed by atoms with E-state index in [0.29, 0.717) is 49.2 Å². The molecule has 2 aliphatic rings. The van der Waals surface area contributed by atoms with Crippen molar-refractivity contribution in [2.24, 2.45) is 0 Å². The van der Waals surface area contributed by atoms with Gasteiger partial charge in [-0.3, -0.25) is 9.59 Å². The molecule has 2 atom stereocenters. The quantitative estimate of drug-likeness (QED) is 0.564. The van der Waals surface area contributed by atoms with Gasteiger partial charge in [-0.25, -0.2) is 4.68 Å². The standard InChI is InChI=1S/C25H26ClN5O4/c26-19-13-18(17-5-2-1-3-6-17)8-9-23(19)35-16-24(32)30-11-12-34-15-22(30)20-14-31(29-28-20)21-7-4-10-27-25(21)33/h1-3,5-6,8-9,13-14,21-22H,4,7,10-12,15-16H2,(H,27,33). The number of rotatable bonds is 6. The molecule has 0 spiro atoms. The summed E-state index contributed by atoms with van der Waals surface area (Å²) in [5.74, 6) is 0.175. The van der Waals surface area contributed by atoms with Crippen LogP contribution in [-0.4, -0.2) is 64.6 Å². The molecule has 2 aromatic carbocycles. The lowest BCUT2D eigenvalue weighted by Crippen LogP contribution is -2.45. The minimum absolute atomic E-state index is 0.0657. The summed E-state index contributed by atoms with van der Waals surface area (Å²) in [6.07, 6.45) is 3.32.